The first-order chi connectivity index (χ1) is 16.6. The summed E-state index contributed by atoms with van der Waals surface area (Å²) in [5, 5.41) is 11.4. The van der Waals surface area contributed by atoms with Crippen LogP contribution in [0, 0.1) is 11.6 Å². The Kier molecular flexibility index (Phi) is 6.65. The molecule has 0 bridgehead atoms. The molecule has 2 aromatic heterocycles. The molecule has 0 atom stereocenters. The number of nitrogen functional groups attached to an aromatic ring is 1. The third-order valence-electron chi connectivity index (χ3n) is 5.01. The minimum atomic E-state index is -3.86. The number of esters is 1. The molecule has 182 valence electrons. The van der Waals surface area contributed by atoms with Gasteiger partial charge < -0.3 is 10.5 Å². The number of primary sulfonamides is 1. The number of benzene rings is 2. The van der Waals surface area contributed by atoms with Gasteiger partial charge in [-0.05, 0) is 42.8 Å². The molecule has 4 N–H and O–H groups in total. The van der Waals surface area contributed by atoms with Crippen molar-refractivity contribution < 1.29 is 26.7 Å². The molecular formula is C22H19F2N5O4S2. The molecule has 0 aliphatic rings. The van der Waals surface area contributed by atoms with E-state index in [0.29, 0.717) is 11.1 Å². The molecule has 4 rings (SSSR count). The number of nitrogens with zero attached hydrogens (tertiary/aromatic N) is 3. The molecule has 9 nitrogen and oxygen atoms in total. The maximum Gasteiger partial charge on any atom is 0.357 e. The Balaban J connectivity index is 1.80. The monoisotopic (exact) mass is 519 g/mol. The van der Waals surface area contributed by atoms with Crippen molar-refractivity contribution in [1.82, 2.24) is 14.8 Å². The fourth-order valence-corrected chi connectivity index (χ4v) is 4.59. The van der Waals surface area contributed by atoms with Crippen LogP contribution in [-0.2, 0) is 21.2 Å². The number of carbonyl (C=O) groups excluding carboxylic acids is 1. The molecule has 0 saturated heterocycles. The number of sulfonamides is 1. The summed E-state index contributed by atoms with van der Waals surface area (Å²) in [5.41, 5.74) is 8.15. The maximum atomic E-state index is 14.0. The van der Waals surface area contributed by atoms with Gasteiger partial charge in [-0.15, -0.1) is 11.3 Å². The molecule has 0 radical (unpaired) electrons. The Bertz CT molecular complexity index is 1520. The van der Waals surface area contributed by atoms with Crippen LogP contribution < -0.4 is 10.9 Å². The van der Waals surface area contributed by atoms with Crippen LogP contribution in [0.5, 0.6) is 0 Å². The number of nitrogens with two attached hydrogens (primary N) is 2. The summed E-state index contributed by atoms with van der Waals surface area (Å²) < 4.78 is 56.9. The molecule has 0 fully saturated rings. The molecule has 0 spiro atoms. The number of hydrogen-bond acceptors (Lipinski definition) is 8. The number of rotatable bonds is 7. The summed E-state index contributed by atoms with van der Waals surface area (Å²) in [7, 11) is -3.86. The predicted octanol–water partition coefficient (Wildman–Crippen LogP) is 3.27. The highest BCUT2D eigenvalue weighted by molar-refractivity contribution is 7.89. The minimum Gasteiger partial charge on any atom is -0.461 e. The third kappa shape index (κ3) is 5.06. The number of hydrogen-bond donors (Lipinski definition) is 2. The normalized spacial score (nSPS) is 11.5. The van der Waals surface area contributed by atoms with Gasteiger partial charge in [0.05, 0.1) is 17.2 Å². The lowest BCUT2D eigenvalue weighted by Gasteiger charge is -2.06. The first kappa shape index (κ1) is 24.4. The molecule has 0 amide bonds. The Hall–Kier alpha value is -3.68. The van der Waals surface area contributed by atoms with Gasteiger partial charge in [-0.2, -0.15) is 9.78 Å². The zero-order valence-corrected chi connectivity index (χ0v) is 19.9. The molecule has 2 aromatic carbocycles. The quantitative estimate of drug-likeness (QED) is 0.357. The fraction of sp³-hybridized carbons (Fsp3) is 0.136. The minimum absolute atomic E-state index is 0.0555. The molecule has 0 aliphatic carbocycles. The van der Waals surface area contributed by atoms with Crippen molar-refractivity contribution in [2.75, 3.05) is 12.3 Å². The van der Waals surface area contributed by atoms with Crippen molar-refractivity contribution in [2.24, 2.45) is 5.14 Å². The summed E-state index contributed by atoms with van der Waals surface area (Å²) in [4.78, 5) is 16.2. The maximum absolute atomic E-state index is 14.0. The van der Waals surface area contributed by atoms with Crippen molar-refractivity contribution in [2.45, 2.75) is 18.2 Å². The molecule has 4 aromatic rings. The van der Waals surface area contributed by atoms with Gasteiger partial charge in [0.2, 0.25) is 15.2 Å². The zero-order chi connectivity index (χ0) is 25.3. The van der Waals surface area contributed by atoms with Crippen molar-refractivity contribution in [3.05, 3.63) is 76.3 Å². The van der Waals surface area contributed by atoms with Crippen LogP contribution in [0.1, 0.15) is 28.5 Å². The average molecular weight is 520 g/mol. The SMILES string of the molecule is CCOC(=O)c1csc(-n2nc(-c3ccc(F)c(F)c3)c(Cc3ccc(S(N)(=O)=O)cc3)c2N)n1. The van der Waals surface area contributed by atoms with E-state index in [-0.39, 0.29) is 45.8 Å². The molecule has 2 heterocycles. The van der Waals surface area contributed by atoms with Gasteiger partial charge in [0, 0.05) is 22.9 Å². The molecule has 0 unspecified atom stereocenters. The summed E-state index contributed by atoms with van der Waals surface area (Å²) in [6.07, 6.45) is 0.182. The van der Waals surface area contributed by atoms with Gasteiger partial charge in [-0.1, -0.05) is 12.1 Å². The molecule has 0 saturated carbocycles. The topological polar surface area (TPSA) is 143 Å². The van der Waals surface area contributed by atoms with Gasteiger partial charge in [-0.25, -0.2) is 32.1 Å². The Morgan fingerprint density at radius 3 is 2.49 bits per heavy atom. The Labute approximate surface area is 203 Å². The van der Waals surface area contributed by atoms with Crippen molar-refractivity contribution >= 4 is 33.1 Å². The lowest BCUT2D eigenvalue weighted by atomic mass is 10.0. The van der Waals surface area contributed by atoms with Crippen molar-refractivity contribution in [1.29, 1.82) is 0 Å². The van der Waals surface area contributed by atoms with E-state index in [2.05, 4.69) is 10.1 Å². The largest absolute Gasteiger partial charge is 0.461 e. The number of anilines is 1. The number of aromatic nitrogens is 3. The average Bonchev–Trinajstić information content (AvgIpc) is 3.41. The van der Waals surface area contributed by atoms with Crippen LogP contribution in [0.4, 0.5) is 14.6 Å². The van der Waals surface area contributed by atoms with E-state index in [1.54, 1.807) is 19.1 Å². The zero-order valence-electron chi connectivity index (χ0n) is 18.2. The number of ether oxygens (including phenoxy) is 1. The van der Waals surface area contributed by atoms with Crippen LogP contribution in [0.2, 0.25) is 0 Å². The van der Waals surface area contributed by atoms with Gasteiger partial charge in [0.1, 0.15) is 5.82 Å². The van der Waals surface area contributed by atoms with Gasteiger partial charge >= 0.3 is 5.97 Å². The summed E-state index contributed by atoms with van der Waals surface area (Å²) in [6, 6.07) is 9.18. The van der Waals surface area contributed by atoms with Crippen LogP contribution in [-0.4, -0.2) is 35.8 Å². The number of carbonyl (C=O) groups is 1. The van der Waals surface area contributed by atoms with E-state index >= 15 is 0 Å². The molecular weight excluding hydrogens is 500 g/mol. The van der Waals surface area contributed by atoms with Gasteiger partial charge in [-0.3, -0.25) is 0 Å². The third-order valence-corrected chi connectivity index (χ3v) is 6.75. The highest BCUT2D eigenvalue weighted by Crippen LogP contribution is 2.33. The van der Waals surface area contributed by atoms with E-state index in [1.165, 1.54) is 28.3 Å². The lowest BCUT2D eigenvalue weighted by Crippen LogP contribution is -2.11. The van der Waals surface area contributed by atoms with E-state index in [4.69, 9.17) is 15.6 Å². The highest BCUT2D eigenvalue weighted by atomic mass is 32.2. The lowest BCUT2D eigenvalue weighted by molar-refractivity contribution is 0.0520. The standard InChI is InChI=1S/C22H19F2N5O4S2/c1-2-33-21(30)18-11-34-22(27-18)29-20(25)15(9-12-3-6-14(7-4-12)35(26,31)32)19(28-29)13-5-8-16(23)17(24)10-13/h3-8,10-11H,2,9,25H2,1H3,(H2,26,31,32). The summed E-state index contributed by atoms with van der Waals surface area (Å²) in [6.45, 7) is 1.86. The van der Waals surface area contributed by atoms with Crippen LogP contribution in [0.3, 0.4) is 0 Å². The smallest absolute Gasteiger partial charge is 0.357 e. The predicted molar refractivity (Wildman–Crippen MR) is 126 cm³/mol. The van der Waals surface area contributed by atoms with Gasteiger partial charge in [0.25, 0.3) is 0 Å². The molecule has 35 heavy (non-hydrogen) atoms. The van der Waals surface area contributed by atoms with Crippen LogP contribution in [0.15, 0.2) is 52.7 Å². The number of halogens is 2. The van der Waals surface area contributed by atoms with Crippen LogP contribution in [0.25, 0.3) is 16.4 Å². The van der Waals surface area contributed by atoms with Crippen LogP contribution >= 0.6 is 11.3 Å². The summed E-state index contributed by atoms with van der Waals surface area (Å²) in [5.74, 6) is -2.51. The Morgan fingerprint density at radius 2 is 1.86 bits per heavy atom. The van der Waals surface area contributed by atoms with E-state index in [1.807, 2.05) is 0 Å². The summed E-state index contributed by atoms with van der Waals surface area (Å²) >= 11 is 1.10. The van der Waals surface area contributed by atoms with Crippen molar-refractivity contribution in [3.8, 4) is 16.4 Å². The first-order valence-corrected chi connectivity index (χ1v) is 12.6. The van der Waals surface area contributed by atoms with Gasteiger partial charge in [0.15, 0.2) is 17.3 Å². The van der Waals surface area contributed by atoms with E-state index in [9.17, 15) is 22.0 Å². The van der Waals surface area contributed by atoms with Crippen molar-refractivity contribution in [3.63, 3.8) is 0 Å². The first-order valence-electron chi connectivity index (χ1n) is 10.2. The second-order valence-corrected chi connectivity index (χ2v) is 9.75. The molecule has 0 aliphatic heterocycles. The second kappa shape index (κ2) is 9.52. The number of thiazole rings is 1. The highest BCUT2D eigenvalue weighted by Gasteiger charge is 2.22. The van der Waals surface area contributed by atoms with E-state index in [0.717, 1.165) is 23.5 Å². The van der Waals surface area contributed by atoms with E-state index < -0.39 is 27.6 Å². The second-order valence-electron chi connectivity index (χ2n) is 7.35. The Morgan fingerprint density at radius 1 is 1.14 bits per heavy atom. The molecule has 13 heteroatoms. The fourth-order valence-electron chi connectivity index (χ4n) is 3.32.